The third kappa shape index (κ3) is 2.27. The number of hydrogen-bond donors (Lipinski definition) is 1. The molecule has 1 aliphatic rings. The molecule has 1 N–H and O–H groups in total. The fourth-order valence-corrected chi connectivity index (χ4v) is 2.51. The Balaban J connectivity index is 2.53. The van der Waals surface area contributed by atoms with Crippen LogP contribution >= 0.6 is 22.6 Å². The predicted molar refractivity (Wildman–Crippen MR) is 52.5 cm³/mol. The van der Waals surface area contributed by atoms with Gasteiger partial charge in [0.25, 0.3) is 0 Å². The summed E-state index contributed by atoms with van der Waals surface area (Å²) >= 11 is 1.98. The summed E-state index contributed by atoms with van der Waals surface area (Å²) in [5.41, 5.74) is 0. The summed E-state index contributed by atoms with van der Waals surface area (Å²) in [6, 6.07) is -0.610. The van der Waals surface area contributed by atoms with Crippen LogP contribution in [-0.4, -0.2) is 31.6 Å². The van der Waals surface area contributed by atoms with Crippen molar-refractivity contribution in [2.75, 3.05) is 0 Å². The maximum absolute atomic E-state index is 11.2. The van der Waals surface area contributed by atoms with E-state index in [2.05, 4.69) is 0 Å². The molecule has 6 heteroatoms. The third-order valence-corrected chi connectivity index (χ3v) is 3.16. The van der Waals surface area contributed by atoms with Gasteiger partial charge in [-0.2, -0.15) is 0 Å². The Hall–Kier alpha value is 0.530. The number of nitrogens with zero attached hydrogens (tertiary/aromatic N) is 2. The average molecular weight is 286 g/mol. The Morgan fingerprint density at radius 2 is 2.17 bits per heavy atom. The van der Waals surface area contributed by atoms with Gasteiger partial charge in [0.05, 0.1) is 4.05 Å². The minimum atomic E-state index is -0.424. The molecule has 0 aromatic carbocycles. The van der Waals surface area contributed by atoms with Crippen molar-refractivity contribution >= 4 is 22.6 Å². The highest BCUT2D eigenvalue weighted by Gasteiger charge is 2.26. The van der Waals surface area contributed by atoms with E-state index in [4.69, 9.17) is 5.21 Å². The first-order valence-corrected chi connectivity index (χ1v) is 5.01. The van der Waals surface area contributed by atoms with E-state index in [1.54, 1.807) is 6.92 Å². The fraction of sp³-hybridized carbons (Fsp3) is 1.00. The number of hydroxylamine groups is 4. The summed E-state index contributed by atoms with van der Waals surface area (Å²) in [5.74, 6) is 0. The van der Waals surface area contributed by atoms with Crippen LogP contribution in [0.25, 0.3) is 0 Å². The van der Waals surface area contributed by atoms with Gasteiger partial charge in [-0.05, 0) is 18.9 Å². The number of alkyl halides is 1. The van der Waals surface area contributed by atoms with E-state index < -0.39 is 6.04 Å². The molecule has 0 aliphatic carbocycles. The van der Waals surface area contributed by atoms with E-state index in [1.807, 2.05) is 22.6 Å². The number of hydrogen-bond acceptors (Lipinski definition) is 5. The highest BCUT2D eigenvalue weighted by atomic mass is 127. The van der Waals surface area contributed by atoms with Crippen LogP contribution in [0.4, 0.5) is 0 Å². The standard InChI is InChI=1S/C6H11IN2O3/c1-4-2-5(9(11)12)3-6(7)8(4)10/h4-6,11H,2-3H2,1H3/q-2. The molecule has 0 radical (unpaired) electrons. The van der Waals surface area contributed by atoms with Crippen LogP contribution in [0.15, 0.2) is 0 Å². The molecule has 1 heterocycles. The van der Waals surface area contributed by atoms with E-state index in [-0.39, 0.29) is 15.3 Å². The van der Waals surface area contributed by atoms with Crippen molar-refractivity contribution in [3.8, 4) is 0 Å². The molecule has 1 saturated heterocycles. The molecule has 0 aromatic heterocycles. The summed E-state index contributed by atoms with van der Waals surface area (Å²) in [5, 5.41) is 31.3. The molecule has 0 amide bonds. The Morgan fingerprint density at radius 1 is 1.58 bits per heavy atom. The van der Waals surface area contributed by atoms with Gasteiger partial charge < -0.3 is 20.7 Å². The molecule has 3 atom stereocenters. The van der Waals surface area contributed by atoms with Gasteiger partial charge >= 0.3 is 0 Å². The van der Waals surface area contributed by atoms with Crippen molar-refractivity contribution in [2.24, 2.45) is 0 Å². The van der Waals surface area contributed by atoms with Crippen molar-refractivity contribution in [1.82, 2.24) is 10.3 Å². The minimum Gasteiger partial charge on any atom is -0.784 e. The van der Waals surface area contributed by atoms with Gasteiger partial charge in [0, 0.05) is 6.04 Å². The maximum atomic E-state index is 11.2. The van der Waals surface area contributed by atoms with E-state index in [0.29, 0.717) is 12.8 Å². The zero-order chi connectivity index (χ0) is 9.30. The largest absolute Gasteiger partial charge is 0.784 e. The number of rotatable bonds is 1. The molecular weight excluding hydrogens is 275 g/mol. The second-order valence-corrected chi connectivity index (χ2v) is 4.51. The first kappa shape index (κ1) is 10.6. The molecule has 0 spiro atoms. The summed E-state index contributed by atoms with van der Waals surface area (Å²) in [6.07, 6.45) is 0.859. The summed E-state index contributed by atoms with van der Waals surface area (Å²) < 4.78 is -0.208. The molecule has 3 unspecified atom stereocenters. The topological polar surface area (TPSA) is 72.8 Å². The highest BCUT2D eigenvalue weighted by molar-refractivity contribution is 14.1. The smallest absolute Gasteiger partial charge is 0.0522 e. The summed E-state index contributed by atoms with van der Waals surface area (Å²) in [4.78, 5) is 0. The lowest BCUT2D eigenvalue weighted by atomic mass is 10.0. The SMILES string of the molecule is CC1CC(N([O-])O)CC(I)N1[O-]. The zero-order valence-electron chi connectivity index (χ0n) is 6.68. The molecule has 5 nitrogen and oxygen atoms in total. The first-order valence-electron chi connectivity index (χ1n) is 3.77. The molecule has 0 bridgehead atoms. The predicted octanol–water partition coefficient (Wildman–Crippen LogP) is 1.29. The molecular formula is C6H11IN2O3-2. The molecule has 12 heavy (non-hydrogen) atoms. The van der Waals surface area contributed by atoms with Crippen LogP contribution in [0.5, 0.6) is 0 Å². The van der Waals surface area contributed by atoms with Crippen LogP contribution in [-0.2, 0) is 0 Å². The van der Waals surface area contributed by atoms with Gasteiger partial charge in [0.15, 0.2) is 0 Å². The lowest BCUT2D eigenvalue weighted by Crippen LogP contribution is -2.47. The Labute approximate surface area is 84.6 Å². The van der Waals surface area contributed by atoms with Crippen molar-refractivity contribution in [3.63, 3.8) is 0 Å². The Bertz CT molecular complexity index is 146. The van der Waals surface area contributed by atoms with Crippen LogP contribution < -0.4 is 0 Å². The van der Waals surface area contributed by atoms with Crippen LogP contribution in [0, 0.1) is 10.4 Å². The summed E-state index contributed by atoms with van der Waals surface area (Å²) in [7, 11) is 0. The van der Waals surface area contributed by atoms with Crippen molar-refractivity contribution in [2.45, 2.75) is 35.9 Å². The second kappa shape index (κ2) is 4.16. The zero-order valence-corrected chi connectivity index (χ0v) is 8.84. The van der Waals surface area contributed by atoms with Gasteiger partial charge in [-0.3, -0.25) is 5.23 Å². The molecule has 72 valence electrons. The Kier molecular flexibility index (Phi) is 3.68. The minimum absolute atomic E-state index is 0.0326. The van der Waals surface area contributed by atoms with Gasteiger partial charge in [-0.15, -0.1) is 0 Å². The lowest BCUT2D eigenvalue weighted by Gasteiger charge is -2.49. The second-order valence-electron chi connectivity index (χ2n) is 3.07. The lowest BCUT2D eigenvalue weighted by molar-refractivity contribution is -0.0985. The van der Waals surface area contributed by atoms with Crippen LogP contribution in [0.1, 0.15) is 19.8 Å². The Morgan fingerprint density at radius 3 is 2.58 bits per heavy atom. The van der Waals surface area contributed by atoms with E-state index in [0.717, 1.165) is 5.06 Å². The van der Waals surface area contributed by atoms with Crippen LogP contribution in [0.2, 0.25) is 0 Å². The van der Waals surface area contributed by atoms with Crippen molar-refractivity contribution < 1.29 is 5.21 Å². The van der Waals surface area contributed by atoms with Crippen molar-refractivity contribution in [3.05, 3.63) is 10.4 Å². The van der Waals surface area contributed by atoms with Gasteiger partial charge in [-0.25, -0.2) is 0 Å². The van der Waals surface area contributed by atoms with E-state index in [1.165, 1.54) is 0 Å². The number of piperidine rings is 1. The molecule has 0 aromatic rings. The monoisotopic (exact) mass is 286 g/mol. The average Bonchev–Trinajstić information content (AvgIpc) is 1.99. The molecule has 1 aliphatic heterocycles. The van der Waals surface area contributed by atoms with Gasteiger partial charge in [0.1, 0.15) is 0 Å². The maximum Gasteiger partial charge on any atom is 0.0522 e. The first-order chi connectivity index (χ1) is 5.52. The fourth-order valence-electron chi connectivity index (χ4n) is 1.38. The van der Waals surface area contributed by atoms with E-state index >= 15 is 0 Å². The molecule has 0 saturated carbocycles. The van der Waals surface area contributed by atoms with E-state index in [9.17, 15) is 10.4 Å². The van der Waals surface area contributed by atoms with Gasteiger partial charge in [-0.1, -0.05) is 29.5 Å². The third-order valence-electron chi connectivity index (χ3n) is 2.10. The molecule has 1 fully saturated rings. The molecule has 1 rings (SSSR count). The number of halogens is 1. The van der Waals surface area contributed by atoms with Crippen molar-refractivity contribution in [1.29, 1.82) is 0 Å². The normalized spacial score (nSPS) is 39.0. The van der Waals surface area contributed by atoms with Crippen LogP contribution in [0.3, 0.4) is 0 Å². The highest BCUT2D eigenvalue weighted by Crippen LogP contribution is 2.28. The summed E-state index contributed by atoms with van der Waals surface area (Å²) in [6.45, 7) is 1.76. The quantitative estimate of drug-likeness (QED) is 0.340. The van der Waals surface area contributed by atoms with Gasteiger partial charge in [0.2, 0.25) is 0 Å².